The number of carbonyl (C=O) groups excluding carboxylic acids is 1. The van der Waals surface area contributed by atoms with Gasteiger partial charge >= 0.3 is 0 Å². The largest absolute Gasteiger partial charge is 0.462 e. The molecule has 0 fully saturated rings. The summed E-state index contributed by atoms with van der Waals surface area (Å²) in [5, 5.41) is 0. The molecular weight excluding hydrogens is 312 g/mol. The zero-order valence-electron chi connectivity index (χ0n) is 14.1. The molecular formula is C21H20N2O2. The Labute approximate surface area is 147 Å². The van der Waals surface area contributed by atoms with E-state index in [0.29, 0.717) is 12.3 Å². The lowest BCUT2D eigenvalue weighted by Gasteiger charge is -2.36. The van der Waals surface area contributed by atoms with Gasteiger partial charge in [-0.25, -0.2) is 0 Å². The van der Waals surface area contributed by atoms with Crippen LogP contribution in [0.2, 0.25) is 0 Å². The van der Waals surface area contributed by atoms with Crippen LogP contribution in [0.15, 0.2) is 71.3 Å². The van der Waals surface area contributed by atoms with E-state index >= 15 is 0 Å². The second kappa shape index (κ2) is 6.48. The Balaban J connectivity index is 1.65. The van der Waals surface area contributed by atoms with Gasteiger partial charge in [0.1, 0.15) is 11.5 Å². The third-order valence-corrected chi connectivity index (χ3v) is 4.59. The highest BCUT2D eigenvalue weighted by Crippen LogP contribution is 2.32. The second-order valence-corrected chi connectivity index (χ2v) is 6.25. The molecule has 1 aliphatic heterocycles. The van der Waals surface area contributed by atoms with Gasteiger partial charge in [0.05, 0.1) is 6.04 Å². The lowest BCUT2D eigenvalue weighted by Crippen LogP contribution is -2.41. The SMILES string of the molecule is Cc1ccc(/C=C/C(=O)N2CCn3cccc3C2c2ccccc2)o1. The Morgan fingerprint density at radius 1 is 1.08 bits per heavy atom. The van der Waals surface area contributed by atoms with Gasteiger partial charge in [-0.2, -0.15) is 0 Å². The molecule has 1 atom stereocenters. The first-order valence-electron chi connectivity index (χ1n) is 8.47. The quantitative estimate of drug-likeness (QED) is 0.679. The van der Waals surface area contributed by atoms with Crippen LogP contribution in [0.5, 0.6) is 0 Å². The summed E-state index contributed by atoms with van der Waals surface area (Å²) >= 11 is 0. The van der Waals surface area contributed by atoms with Crippen LogP contribution in [0.1, 0.15) is 28.8 Å². The molecule has 2 aromatic heterocycles. The summed E-state index contributed by atoms with van der Waals surface area (Å²) in [5.41, 5.74) is 2.27. The highest BCUT2D eigenvalue weighted by molar-refractivity contribution is 5.92. The van der Waals surface area contributed by atoms with Crippen molar-refractivity contribution < 1.29 is 9.21 Å². The molecule has 0 spiro atoms. The number of fused-ring (bicyclic) bond motifs is 1. The zero-order chi connectivity index (χ0) is 17.2. The van der Waals surface area contributed by atoms with Gasteiger partial charge in [-0.3, -0.25) is 4.79 Å². The maximum absolute atomic E-state index is 12.9. The molecule has 0 saturated carbocycles. The minimum absolute atomic E-state index is 0.00430. The number of carbonyl (C=O) groups is 1. The van der Waals surface area contributed by atoms with Gasteiger partial charge in [-0.1, -0.05) is 30.3 Å². The van der Waals surface area contributed by atoms with Crippen molar-refractivity contribution in [3.63, 3.8) is 0 Å². The monoisotopic (exact) mass is 332 g/mol. The molecule has 4 rings (SSSR count). The van der Waals surface area contributed by atoms with Gasteiger partial charge in [0.25, 0.3) is 0 Å². The van der Waals surface area contributed by atoms with Gasteiger partial charge < -0.3 is 13.9 Å². The van der Waals surface area contributed by atoms with Crippen molar-refractivity contribution in [1.29, 1.82) is 0 Å². The van der Waals surface area contributed by atoms with Gasteiger partial charge in [0.2, 0.25) is 5.91 Å². The van der Waals surface area contributed by atoms with Crippen molar-refractivity contribution in [3.8, 4) is 0 Å². The van der Waals surface area contributed by atoms with Crippen LogP contribution in [-0.4, -0.2) is 21.9 Å². The number of hydrogen-bond donors (Lipinski definition) is 0. The molecule has 0 bridgehead atoms. The third kappa shape index (κ3) is 3.03. The van der Waals surface area contributed by atoms with Crippen molar-refractivity contribution in [2.24, 2.45) is 0 Å². The number of rotatable bonds is 3. The van der Waals surface area contributed by atoms with Crippen molar-refractivity contribution in [1.82, 2.24) is 9.47 Å². The number of nitrogens with zero attached hydrogens (tertiary/aromatic N) is 2. The molecule has 25 heavy (non-hydrogen) atoms. The lowest BCUT2D eigenvalue weighted by atomic mass is 10.00. The number of hydrogen-bond acceptors (Lipinski definition) is 2. The standard InChI is InChI=1S/C21H20N2O2/c1-16-9-10-18(25-16)11-12-20(24)23-15-14-22-13-5-8-19(22)21(23)17-6-3-2-4-7-17/h2-13,21H,14-15H2,1H3/b12-11+. The minimum Gasteiger partial charge on any atom is -0.462 e. The van der Waals surface area contributed by atoms with Gasteiger partial charge in [0, 0.05) is 31.1 Å². The normalized spacial score (nSPS) is 17.0. The van der Waals surface area contributed by atoms with E-state index < -0.39 is 0 Å². The van der Waals surface area contributed by atoms with Crippen LogP contribution in [0, 0.1) is 6.92 Å². The first-order chi connectivity index (χ1) is 12.2. The summed E-state index contributed by atoms with van der Waals surface area (Å²) in [4.78, 5) is 14.8. The van der Waals surface area contributed by atoms with Crippen LogP contribution in [0.3, 0.4) is 0 Å². The number of aromatic nitrogens is 1. The van der Waals surface area contributed by atoms with Crippen LogP contribution < -0.4 is 0 Å². The molecule has 0 N–H and O–H groups in total. The predicted molar refractivity (Wildman–Crippen MR) is 96.9 cm³/mol. The van der Waals surface area contributed by atoms with Crippen molar-refractivity contribution in [2.75, 3.05) is 6.54 Å². The Bertz CT molecular complexity index is 905. The fourth-order valence-corrected chi connectivity index (χ4v) is 3.40. The van der Waals surface area contributed by atoms with Crippen LogP contribution >= 0.6 is 0 Å². The molecule has 1 aromatic carbocycles. The number of aryl methyl sites for hydroxylation is 1. The highest BCUT2D eigenvalue weighted by atomic mass is 16.3. The van der Waals surface area contributed by atoms with E-state index in [9.17, 15) is 4.79 Å². The number of furan rings is 1. The lowest BCUT2D eigenvalue weighted by molar-refractivity contribution is -0.128. The Kier molecular flexibility index (Phi) is 4.02. The zero-order valence-corrected chi connectivity index (χ0v) is 14.1. The Hall–Kier alpha value is -3.01. The van der Waals surface area contributed by atoms with Crippen LogP contribution in [0.4, 0.5) is 0 Å². The minimum atomic E-state index is -0.0690. The molecule has 126 valence electrons. The van der Waals surface area contributed by atoms with Gasteiger partial charge in [-0.15, -0.1) is 0 Å². The van der Waals surface area contributed by atoms with Crippen molar-refractivity contribution in [2.45, 2.75) is 19.5 Å². The molecule has 0 saturated heterocycles. The molecule has 3 aromatic rings. The first-order valence-corrected chi connectivity index (χ1v) is 8.47. The predicted octanol–water partition coefficient (Wildman–Crippen LogP) is 4.03. The van der Waals surface area contributed by atoms with E-state index in [1.807, 2.05) is 48.2 Å². The van der Waals surface area contributed by atoms with Crippen LogP contribution in [-0.2, 0) is 11.3 Å². The summed E-state index contributed by atoms with van der Waals surface area (Å²) in [6, 6.07) is 18.0. The highest BCUT2D eigenvalue weighted by Gasteiger charge is 2.30. The van der Waals surface area contributed by atoms with Crippen molar-refractivity contribution >= 4 is 12.0 Å². The summed E-state index contributed by atoms with van der Waals surface area (Å²) in [7, 11) is 0. The van der Waals surface area contributed by atoms with E-state index in [4.69, 9.17) is 4.42 Å². The average Bonchev–Trinajstić information content (AvgIpc) is 3.28. The molecule has 0 aliphatic carbocycles. The molecule has 1 unspecified atom stereocenters. The Morgan fingerprint density at radius 2 is 1.92 bits per heavy atom. The van der Waals surface area contributed by atoms with E-state index in [0.717, 1.165) is 23.6 Å². The maximum atomic E-state index is 12.9. The first kappa shape index (κ1) is 15.5. The Morgan fingerprint density at radius 3 is 2.68 bits per heavy atom. The molecule has 4 heteroatoms. The molecule has 4 nitrogen and oxygen atoms in total. The third-order valence-electron chi connectivity index (χ3n) is 4.59. The van der Waals surface area contributed by atoms with E-state index in [-0.39, 0.29) is 11.9 Å². The number of amides is 1. The average molecular weight is 332 g/mol. The maximum Gasteiger partial charge on any atom is 0.247 e. The second-order valence-electron chi connectivity index (χ2n) is 6.25. The summed E-state index contributed by atoms with van der Waals surface area (Å²) < 4.78 is 7.74. The van der Waals surface area contributed by atoms with E-state index in [1.54, 1.807) is 12.2 Å². The van der Waals surface area contributed by atoms with Gasteiger partial charge in [-0.05, 0) is 42.8 Å². The molecule has 3 heterocycles. The smallest absolute Gasteiger partial charge is 0.247 e. The van der Waals surface area contributed by atoms with E-state index in [2.05, 4.69) is 29.0 Å². The summed E-state index contributed by atoms with van der Waals surface area (Å²) in [6.07, 6.45) is 5.42. The number of benzene rings is 1. The summed E-state index contributed by atoms with van der Waals surface area (Å²) in [6.45, 7) is 3.39. The fraction of sp³-hybridized carbons (Fsp3) is 0.190. The van der Waals surface area contributed by atoms with Gasteiger partial charge in [0.15, 0.2) is 0 Å². The molecule has 1 aliphatic rings. The molecule has 0 radical (unpaired) electrons. The van der Waals surface area contributed by atoms with Crippen LogP contribution in [0.25, 0.3) is 6.08 Å². The van der Waals surface area contributed by atoms with E-state index in [1.165, 1.54) is 0 Å². The molecule has 1 amide bonds. The summed E-state index contributed by atoms with van der Waals surface area (Å²) in [5.74, 6) is 1.53. The van der Waals surface area contributed by atoms with Crippen molar-refractivity contribution in [3.05, 3.63) is 89.6 Å². The fourth-order valence-electron chi connectivity index (χ4n) is 3.40. The topological polar surface area (TPSA) is 38.4 Å².